The number of amides is 2. The van der Waals surface area contributed by atoms with Crippen molar-refractivity contribution in [3.05, 3.63) is 35.9 Å². The number of carbonyl (C=O) groups excluding carboxylic acids is 2. The van der Waals surface area contributed by atoms with Crippen molar-refractivity contribution in [2.75, 3.05) is 26.2 Å². The van der Waals surface area contributed by atoms with Gasteiger partial charge in [0.1, 0.15) is 6.04 Å². The van der Waals surface area contributed by atoms with Gasteiger partial charge in [0.15, 0.2) is 0 Å². The lowest BCUT2D eigenvalue weighted by Gasteiger charge is -2.30. The summed E-state index contributed by atoms with van der Waals surface area (Å²) in [7, 11) is 0. The van der Waals surface area contributed by atoms with E-state index in [1.165, 1.54) is 0 Å². The Balaban J connectivity index is 1.83. The van der Waals surface area contributed by atoms with Crippen LogP contribution in [0.1, 0.15) is 30.9 Å². The van der Waals surface area contributed by atoms with Crippen molar-refractivity contribution < 1.29 is 9.59 Å². The molecule has 2 heterocycles. The molecule has 2 aliphatic heterocycles. The van der Waals surface area contributed by atoms with E-state index in [1.54, 1.807) is 0 Å². The third-order valence-electron chi connectivity index (χ3n) is 4.75. The Morgan fingerprint density at radius 1 is 1.09 bits per heavy atom. The first-order valence-corrected chi connectivity index (χ1v) is 8.04. The fraction of sp³-hybridized carbons (Fsp3) is 0.529. The Kier molecular flexibility index (Phi) is 4.43. The molecule has 2 amide bonds. The quantitative estimate of drug-likeness (QED) is 0.907. The topological polar surface area (TPSA) is 66.6 Å². The van der Waals surface area contributed by atoms with E-state index in [-0.39, 0.29) is 23.8 Å². The highest BCUT2D eigenvalue weighted by molar-refractivity contribution is 5.84. The maximum Gasteiger partial charge on any atom is 0.244 e. The molecule has 2 atom stereocenters. The Morgan fingerprint density at radius 2 is 1.77 bits per heavy atom. The molecule has 5 heteroatoms. The predicted octanol–water partition coefficient (Wildman–Crippen LogP) is 1.16. The molecule has 2 aliphatic rings. The number of likely N-dealkylation sites (tertiary alicyclic amines) is 2. The van der Waals surface area contributed by atoms with E-state index < -0.39 is 0 Å². The zero-order valence-electron chi connectivity index (χ0n) is 12.8. The largest absolute Gasteiger partial charge is 0.369 e. The zero-order chi connectivity index (χ0) is 15.5. The highest BCUT2D eigenvalue weighted by Crippen LogP contribution is 2.30. The van der Waals surface area contributed by atoms with Gasteiger partial charge >= 0.3 is 0 Å². The van der Waals surface area contributed by atoms with Gasteiger partial charge in [0.2, 0.25) is 11.8 Å². The number of rotatable bonds is 4. The Hall–Kier alpha value is -1.88. The molecular weight excluding hydrogens is 278 g/mol. The van der Waals surface area contributed by atoms with Crippen LogP contribution in [0.2, 0.25) is 0 Å². The van der Waals surface area contributed by atoms with Crippen LogP contribution in [0.4, 0.5) is 0 Å². The van der Waals surface area contributed by atoms with Crippen LogP contribution in [0.5, 0.6) is 0 Å². The van der Waals surface area contributed by atoms with Crippen LogP contribution in [0, 0.1) is 5.92 Å². The number of carbonyl (C=O) groups is 2. The summed E-state index contributed by atoms with van der Waals surface area (Å²) in [5, 5.41) is 0. The molecule has 118 valence electrons. The van der Waals surface area contributed by atoms with Crippen LogP contribution >= 0.6 is 0 Å². The third kappa shape index (κ3) is 2.99. The van der Waals surface area contributed by atoms with Crippen LogP contribution in [-0.2, 0) is 9.59 Å². The Bertz CT molecular complexity index is 540. The summed E-state index contributed by atoms with van der Waals surface area (Å²) in [6, 6.07) is 9.58. The van der Waals surface area contributed by atoms with Crippen LogP contribution in [-0.4, -0.2) is 47.8 Å². The number of primary amides is 1. The molecule has 0 radical (unpaired) electrons. The number of nitrogens with zero attached hydrogens (tertiary/aromatic N) is 2. The van der Waals surface area contributed by atoms with Gasteiger partial charge in [-0.1, -0.05) is 30.3 Å². The summed E-state index contributed by atoms with van der Waals surface area (Å²) in [6.45, 7) is 3.01. The van der Waals surface area contributed by atoms with E-state index in [0.29, 0.717) is 6.54 Å². The lowest BCUT2D eigenvalue weighted by Crippen LogP contribution is -2.41. The standard InChI is InChI=1S/C17H23N3O2/c18-16(21)14-8-11-20(12-14)15(13-6-2-1-3-7-13)17(22)19-9-4-5-10-19/h1-3,6-7,14-15H,4-5,8-12H2,(H2,18,21)/t14-,15-/m0/s1. The molecule has 0 aromatic heterocycles. The summed E-state index contributed by atoms with van der Waals surface area (Å²) in [4.78, 5) is 28.5. The van der Waals surface area contributed by atoms with Crippen LogP contribution < -0.4 is 5.73 Å². The number of hydrogen-bond donors (Lipinski definition) is 1. The molecule has 1 aromatic carbocycles. The van der Waals surface area contributed by atoms with Gasteiger partial charge in [-0.05, 0) is 24.8 Å². The average Bonchev–Trinajstić information content (AvgIpc) is 3.20. The summed E-state index contributed by atoms with van der Waals surface area (Å²) in [5.41, 5.74) is 6.44. The van der Waals surface area contributed by atoms with Crippen molar-refractivity contribution >= 4 is 11.8 Å². The van der Waals surface area contributed by atoms with Gasteiger partial charge in [-0.15, -0.1) is 0 Å². The van der Waals surface area contributed by atoms with Crippen molar-refractivity contribution in [1.82, 2.24) is 9.80 Å². The van der Waals surface area contributed by atoms with Crippen molar-refractivity contribution in [2.24, 2.45) is 11.7 Å². The highest BCUT2D eigenvalue weighted by Gasteiger charge is 2.37. The van der Waals surface area contributed by atoms with E-state index in [0.717, 1.165) is 44.5 Å². The van der Waals surface area contributed by atoms with Crippen molar-refractivity contribution in [3.8, 4) is 0 Å². The Morgan fingerprint density at radius 3 is 2.36 bits per heavy atom. The van der Waals surface area contributed by atoms with Gasteiger partial charge in [0.05, 0.1) is 5.92 Å². The second-order valence-electron chi connectivity index (χ2n) is 6.23. The van der Waals surface area contributed by atoms with E-state index in [2.05, 4.69) is 4.90 Å². The summed E-state index contributed by atoms with van der Waals surface area (Å²) >= 11 is 0. The maximum absolute atomic E-state index is 13.0. The Labute approximate surface area is 131 Å². The number of hydrogen-bond acceptors (Lipinski definition) is 3. The van der Waals surface area contributed by atoms with Gasteiger partial charge in [0.25, 0.3) is 0 Å². The maximum atomic E-state index is 13.0. The predicted molar refractivity (Wildman–Crippen MR) is 83.9 cm³/mol. The molecule has 0 spiro atoms. The molecule has 2 saturated heterocycles. The first-order chi connectivity index (χ1) is 10.7. The van der Waals surface area contributed by atoms with E-state index in [1.807, 2.05) is 35.2 Å². The van der Waals surface area contributed by atoms with Crippen molar-refractivity contribution in [2.45, 2.75) is 25.3 Å². The molecule has 0 saturated carbocycles. The molecule has 5 nitrogen and oxygen atoms in total. The molecule has 3 rings (SSSR count). The van der Waals surface area contributed by atoms with E-state index in [4.69, 9.17) is 5.73 Å². The fourth-order valence-corrected chi connectivity index (χ4v) is 3.51. The average molecular weight is 301 g/mol. The van der Waals surface area contributed by atoms with Crippen LogP contribution in [0.25, 0.3) is 0 Å². The highest BCUT2D eigenvalue weighted by atomic mass is 16.2. The normalized spacial score (nSPS) is 23.6. The summed E-state index contributed by atoms with van der Waals surface area (Å²) < 4.78 is 0. The SMILES string of the molecule is NC(=O)[C@H]1CCN([C@H](C(=O)N2CCCC2)c2ccccc2)C1. The minimum absolute atomic E-state index is 0.141. The van der Waals surface area contributed by atoms with Crippen molar-refractivity contribution in [1.29, 1.82) is 0 Å². The van der Waals surface area contributed by atoms with E-state index in [9.17, 15) is 9.59 Å². The second-order valence-corrected chi connectivity index (χ2v) is 6.23. The zero-order valence-corrected chi connectivity index (χ0v) is 12.8. The monoisotopic (exact) mass is 301 g/mol. The first kappa shape index (κ1) is 15.0. The smallest absolute Gasteiger partial charge is 0.244 e. The van der Waals surface area contributed by atoms with Crippen LogP contribution in [0.15, 0.2) is 30.3 Å². The van der Waals surface area contributed by atoms with Crippen LogP contribution in [0.3, 0.4) is 0 Å². The molecule has 0 bridgehead atoms. The third-order valence-corrected chi connectivity index (χ3v) is 4.75. The first-order valence-electron chi connectivity index (χ1n) is 8.04. The molecule has 0 unspecified atom stereocenters. The molecule has 2 N–H and O–H groups in total. The van der Waals surface area contributed by atoms with Gasteiger partial charge in [-0.25, -0.2) is 0 Å². The minimum Gasteiger partial charge on any atom is -0.369 e. The molecule has 2 fully saturated rings. The van der Waals surface area contributed by atoms with Gasteiger partial charge in [0, 0.05) is 26.2 Å². The molecule has 22 heavy (non-hydrogen) atoms. The van der Waals surface area contributed by atoms with Gasteiger partial charge < -0.3 is 10.6 Å². The minimum atomic E-state index is -0.288. The van der Waals surface area contributed by atoms with Gasteiger partial charge in [-0.2, -0.15) is 0 Å². The van der Waals surface area contributed by atoms with E-state index >= 15 is 0 Å². The second kappa shape index (κ2) is 6.48. The molecular formula is C17H23N3O2. The van der Waals surface area contributed by atoms with Gasteiger partial charge in [-0.3, -0.25) is 14.5 Å². The summed E-state index contributed by atoms with van der Waals surface area (Å²) in [6.07, 6.45) is 2.90. The van der Waals surface area contributed by atoms with Crippen molar-refractivity contribution in [3.63, 3.8) is 0 Å². The number of benzene rings is 1. The number of nitrogens with two attached hydrogens (primary N) is 1. The molecule has 0 aliphatic carbocycles. The lowest BCUT2D eigenvalue weighted by atomic mass is 10.0. The fourth-order valence-electron chi connectivity index (χ4n) is 3.51. The lowest BCUT2D eigenvalue weighted by molar-refractivity contribution is -0.136. The molecule has 1 aromatic rings. The summed E-state index contributed by atoms with van der Waals surface area (Å²) in [5.74, 6) is -0.241.